The molecule has 0 atom stereocenters. The van der Waals surface area contributed by atoms with Crippen molar-refractivity contribution in [2.45, 2.75) is 57.8 Å². The van der Waals surface area contributed by atoms with Crippen LogP contribution < -0.4 is 15.2 Å². The fourth-order valence-corrected chi connectivity index (χ4v) is 3.26. The molecular formula is C25H36N2O3. The van der Waals surface area contributed by atoms with Gasteiger partial charge in [0.15, 0.2) is 0 Å². The Balaban J connectivity index is 1.38. The number of benzene rings is 2. The second-order valence-corrected chi connectivity index (χ2v) is 7.58. The molecule has 0 bridgehead atoms. The van der Waals surface area contributed by atoms with E-state index in [1.54, 1.807) is 0 Å². The third-order valence-electron chi connectivity index (χ3n) is 5.07. The van der Waals surface area contributed by atoms with E-state index in [9.17, 15) is 0 Å². The highest BCUT2D eigenvalue weighted by atomic mass is 16.5. The predicted octanol–water partition coefficient (Wildman–Crippen LogP) is 5.08. The molecule has 2 rings (SSSR count). The number of ether oxygens (including phenoxy) is 2. The van der Waals surface area contributed by atoms with Crippen molar-refractivity contribution in [3.63, 3.8) is 0 Å². The maximum Gasteiger partial charge on any atom is 0.122 e. The lowest BCUT2D eigenvalue weighted by Gasteiger charge is -2.08. The Labute approximate surface area is 180 Å². The van der Waals surface area contributed by atoms with Crippen LogP contribution >= 0.6 is 0 Å². The summed E-state index contributed by atoms with van der Waals surface area (Å²) in [4.78, 5) is 0. The number of aliphatic hydroxyl groups excluding tert-OH is 1. The Kier molecular flexibility index (Phi) is 11.4. The molecule has 0 amide bonds. The fourth-order valence-electron chi connectivity index (χ4n) is 3.26. The Morgan fingerprint density at radius 2 is 1.13 bits per heavy atom. The van der Waals surface area contributed by atoms with E-state index < -0.39 is 0 Å². The molecule has 0 heterocycles. The van der Waals surface area contributed by atoms with Gasteiger partial charge in [-0.15, -0.1) is 0 Å². The molecule has 0 spiro atoms. The Morgan fingerprint density at radius 1 is 0.700 bits per heavy atom. The van der Waals surface area contributed by atoms with Gasteiger partial charge in [-0.05, 0) is 61.2 Å². The highest BCUT2D eigenvalue weighted by molar-refractivity contribution is 5.94. The molecule has 30 heavy (non-hydrogen) atoms. The van der Waals surface area contributed by atoms with Crippen molar-refractivity contribution in [1.29, 1.82) is 5.41 Å². The van der Waals surface area contributed by atoms with E-state index in [0.29, 0.717) is 6.42 Å². The van der Waals surface area contributed by atoms with Gasteiger partial charge < -0.3 is 20.3 Å². The second-order valence-electron chi connectivity index (χ2n) is 7.58. The maximum absolute atomic E-state index is 8.92. The number of aliphatic hydroxyl groups is 1. The number of hydrogen-bond donors (Lipinski definition) is 3. The molecule has 0 radical (unpaired) electrons. The SMILES string of the molecule is N=C(N)c1ccc(OCCCCCCCCCCOc2ccc(CCO)cc2)cc1. The number of amidine groups is 1. The second kappa shape index (κ2) is 14.5. The zero-order valence-electron chi connectivity index (χ0n) is 17.9. The molecule has 0 aliphatic carbocycles. The minimum absolute atomic E-state index is 0.0821. The standard InChI is InChI=1S/C25H36N2O3/c26-25(27)22-11-15-24(16-12-22)30-20-8-6-4-2-1-3-5-7-19-29-23-13-9-21(10-14-23)17-18-28/h9-16,28H,1-8,17-20H2,(H3,26,27). The number of nitrogen functional groups attached to an aromatic ring is 1. The molecule has 0 fully saturated rings. The number of nitrogens with one attached hydrogen (secondary N) is 1. The van der Waals surface area contributed by atoms with E-state index >= 15 is 0 Å². The van der Waals surface area contributed by atoms with Crippen molar-refractivity contribution >= 4 is 5.84 Å². The number of unbranched alkanes of at least 4 members (excludes halogenated alkanes) is 7. The molecule has 2 aromatic rings. The zero-order valence-corrected chi connectivity index (χ0v) is 17.9. The lowest BCUT2D eigenvalue weighted by molar-refractivity contribution is 0.298. The van der Waals surface area contributed by atoms with Crippen molar-refractivity contribution in [3.8, 4) is 11.5 Å². The van der Waals surface area contributed by atoms with Crippen molar-refractivity contribution in [2.24, 2.45) is 5.73 Å². The molecule has 0 saturated heterocycles. The first-order valence-electron chi connectivity index (χ1n) is 11.1. The average molecular weight is 413 g/mol. The lowest BCUT2D eigenvalue weighted by atomic mass is 10.1. The fraction of sp³-hybridized carbons (Fsp3) is 0.480. The van der Waals surface area contributed by atoms with Gasteiger partial charge in [0, 0.05) is 12.2 Å². The minimum atomic E-state index is 0.0821. The summed E-state index contributed by atoms with van der Waals surface area (Å²) in [6.07, 6.45) is 10.3. The maximum atomic E-state index is 8.92. The van der Waals surface area contributed by atoms with Crippen LogP contribution in [0.4, 0.5) is 0 Å². The van der Waals surface area contributed by atoms with E-state index in [-0.39, 0.29) is 12.4 Å². The molecule has 0 unspecified atom stereocenters. The number of rotatable bonds is 16. The summed E-state index contributed by atoms with van der Waals surface area (Å²) in [7, 11) is 0. The van der Waals surface area contributed by atoms with Crippen molar-refractivity contribution in [2.75, 3.05) is 19.8 Å². The van der Waals surface area contributed by atoms with E-state index in [4.69, 9.17) is 25.7 Å². The average Bonchev–Trinajstić information content (AvgIpc) is 2.76. The molecule has 5 heteroatoms. The normalized spacial score (nSPS) is 10.7. The molecule has 0 aromatic heterocycles. The monoisotopic (exact) mass is 412 g/mol. The van der Waals surface area contributed by atoms with Crippen molar-refractivity contribution in [1.82, 2.24) is 0 Å². The minimum Gasteiger partial charge on any atom is -0.494 e. The van der Waals surface area contributed by atoms with Gasteiger partial charge in [-0.1, -0.05) is 50.7 Å². The van der Waals surface area contributed by atoms with Gasteiger partial charge in [0.25, 0.3) is 0 Å². The topological polar surface area (TPSA) is 88.6 Å². The van der Waals surface area contributed by atoms with E-state index in [0.717, 1.165) is 48.7 Å². The summed E-state index contributed by atoms with van der Waals surface area (Å²) in [5.41, 5.74) is 7.31. The summed E-state index contributed by atoms with van der Waals surface area (Å²) in [5.74, 6) is 1.83. The first kappa shape index (κ1) is 23.7. The Bertz CT molecular complexity index is 714. The molecule has 2 aromatic carbocycles. The molecule has 5 nitrogen and oxygen atoms in total. The van der Waals surface area contributed by atoms with E-state index in [1.165, 1.54) is 38.5 Å². The van der Waals surface area contributed by atoms with Crippen molar-refractivity contribution in [3.05, 3.63) is 59.7 Å². The van der Waals surface area contributed by atoms with Gasteiger partial charge in [-0.3, -0.25) is 5.41 Å². The molecule has 0 saturated carbocycles. The third-order valence-corrected chi connectivity index (χ3v) is 5.07. The summed E-state index contributed by atoms with van der Waals surface area (Å²) in [6, 6.07) is 15.4. The van der Waals surface area contributed by atoms with Crippen LogP contribution in [0.1, 0.15) is 62.5 Å². The Hall–Kier alpha value is -2.53. The quantitative estimate of drug-likeness (QED) is 0.204. The molecule has 4 N–H and O–H groups in total. The largest absolute Gasteiger partial charge is 0.494 e. The van der Waals surface area contributed by atoms with Crippen LogP contribution in [0.2, 0.25) is 0 Å². The first-order valence-corrected chi connectivity index (χ1v) is 11.1. The summed E-state index contributed by atoms with van der Waals surface area (Å²) in [6.45, 7) is 1.69. The number of nitrogens with two attached hydrogens (primary N) is 1. The van der Waals surface area contributed by atoms with Gasteiger partial charge in [-0.2, -0.15) is 0 Å². The van der Waals surface area contributed by atoms with Gasteiger partial charge in [0.1, 0.15) is 17.3 Å². The molecule has 0 aliphatic rings. The van der Waals surface area contributed by atoms with Crippen LogP contribution in [0.5, 0.6) is 11.5 Å². The predicted molar refractivity (Wildman–Crippen MR) is 123 cm³/mol. The van der Waals surface area contributed by atoms with Crippen LogP contribution in [-0.4, -0.2) is 30.8 Å². The number of hydrogen-bond acceptors (Lipinski definition) is 4. The van der Waals surface area contributed by atoms with Crippen LogP contribution in [0.15, 0.2) is 48.5 Å². The highest BCUT2D eigenvalue weighted by Crippen LogP contribution is 2.15. The van der Waals surface area contributed by atoms with E-state index in [2.05, 4.69) is 0 Å². The lowest BCUT2D eigenvalue weighted by Crippen LogP contribution is -2.10. The molecular weight excluding hydrogens is 376 g/mol. The van der Waals surface area contributed by atoms with Crippen LogP contribution in [-0.2, 0) is 6.42 Å². The third kappa shape index (κ3) is 9.79. The molecule has 164 valence electrons. The highest BCUT2D eigenvalue weighted by Gasteiger charge is 1.99. The summed E-state index contributed by atoms with van der Waals surface area (Å²) >= 11 is 0. The van der Waals surface area contributed by atoms with Crippen LogP contribution in [0, 0.1) is 5.41 Å². The van der Waals surface area contributed by atoms with Gasteiger partial charge >= 0.3 is 0 Å². The summed E-state index contributed by atoms with van der Waals surface area (Å²) in [5, 5.41) is 16.3. The van der Waals surface area contributed by atoms with Crippen LogP contribution in [0.25, 0.3) is 0 Å². The van der Waals surface area contributed by atoms with Gasteiger partial charge in [0.05, 0.1) is 13.2 Å². The van der Waals surface area contributed by atoms with E-state index in [1.807, 2.05) is 48.5 Å². The smallest absolute Gasteiger partial charge is 0.122 e. The van der Waals surface area contributed by atoms with Gasteiger partial charge in [0.2, 0.25) is 0 Å². The Morgan fingerprint density at radius 3 is 1.57 bits per heavy atom. The van der Waals surface area contributed by atoms with Gasteiger partial charge in [-0.25, -0.2) is 0 Å². The van der Waals surface area contributed by atoms with Crippen LogP contribution in [0.3, 0.4) is 0 Å². The molecule has 0 aliphatic heterocycles. The zero-order chi connectivity index (χ0) is 21.4. The summed E-state index contributed by atoms with van der Waals surface area (Å²) < 4.78 is 11.5. The van der Waals surface area contributed by atoms with Crippen molar-refractivity contribution < 1.29 is 14.6 Å². The first-order chi connectivity index (χ1) is 14.7.